The molecule has 0 saturated heterocycles. The molecular weight excluding hydrogens is 654 g/mol. The molecule has 0 aromatic rings. The molecule has 0 bridgehead atoms. The van der Waals surface area contributed by atoms with Gasteiger partial charge in [-0.1, -0.05) is 112 Å². The SMILES string of the molecule is CC/C=C/C/C=C/C/C=C/CCCCCCC(=O)OCC(COCCC(C(=O)O)[N+](C)(C)C)OC(=O)CCCCCC/C=C/C/C=C/C/C=C/CC. The molecule has 2 atom stereocenters. The van der Waals surface area contributed by atoms with Crippen LogP contribution in [0.4, 0.5) is 0 Å². The standard InChI is InChI=1S/C44H73NO7/c1-6-8-10-12-14-16-18-20-22-24-26-28-30-32-34-42(46)51-39-40(38-50-37-36-41(44(48)49)45(3,4)5)52-43(47)35-33-31-29-27-25-23-21-19-17-15-13-11-9-7-2/h8-11,14-17,20-23,40-41H,6-7,12-13,18-19,24-39H2,1-5H3/p+1/b10-8+,11-9+,16-14+,17-15+,22-20+,23-21+. The van der Waals surface area contributed by atoms with Crippen molar-refractivity contribution in [2.45, 2.75) is 148 Å². The van der Waals surface area contributed by atoms with Crippen LogP contribution in [-0.2, 0) is 28.6 Å². The molecule has 0 aliphatic heterocycles. The van der Waals surface area contributed by atoms with Gasteiger partial charge >= 0.3 is 17.9 Å². The molecule has 8 nitrogen and oxygen atoms in total. The summed E-state index contributed by atoms with van der Waals surface area (Å²) in [4.78, 5) is 36.8. The van der Waals surface area contributed by atoms with Crippen LogP contribution in [0.5, 0.6) is 0 Å². The molecule has 0 spiro atoms. The van der Waals surface area contributed by atoms with Crippen LogP contribution in [0, 0.1) is 0 Å². The topological polar surface area (TPSA) is 99.1 Å². The molecule has 8 heteroatoms. The molecular formula is C44H74NO7+. The smallest absolute Gasteiger partial charge is 0.362 e. The van der Waals surface area contributed by atoms with Crippen molar-refractivity contribution in [2.75, 3.05) is 41.0 Å². The Morgan fingerprint density at radius 2 is 1.02 bits per heavy atom. The third kappa shape index (κ3) is 32.7. The largest absolute Gasteiger partial charge is 0.477 e. The summed E-state index contributed by atoms with van der Waals surface area (Å²) in [5.74, 6) is -1.54. The lowest BCUT2D eigenvalue weighted by Gasteiger charge is -2.31. The van der Waals surface area contributed by atoms with Gasteiger partial charge in [-0.05, 0) is 77.0 Å². The number of quaternary nitrogens is 1. The van der Waals surface area contributed by atoms with Crippen LogP contribution in [0.25, 0.3) is 0 Å². The first-order valence-electron chi connectivity index (χ1n) is 20.0. The number of hydrogen-bond donors (Lipinski definition) is 1. The summed E-state index contributed by atoms with van der Waals surface area (Å²) in [5.41, 5.74) is 0. The molecule has 296 valence electrons. The Morgan fingerprint density at radius 3 is 1.48 bits per heavy atom. The fourth-order valence-electron chi connectivity index (χ4n) is 5.29. The van der Waals surface area contributed by atoms with Gasteiger partial charge in [-0.3, -0.25) is 9.59 Å². The van der Waals surface area contributed by atoms with Crippen molar-refractivity contribution >= 4 is 17.9 Å². The van der Waals surface area contributed by atoms with Crippen LogP contribution in [-0.4, -0.2) is 80.6 Å². The third-order valence-electron chi connectivity index (χ3n) is 8.35. The number of hydrogen-bond acceptors (Lipinski definition) is 6. The molecule has 0 radical (unpaired) electrons. The van der Waals surface area contributed by atoms with Gasteiger partial charge in [0, 0.05) is 19.3 Å². The molecule has 0 aliphatic rings. The summed E-state index contributed by atoms with van der Waals surface area (Å²) in [6, 6.07) is -0.625. The lowest BCUT2D eigenvalue weighted by molar-refractivity contribution is -0.887. The van der Waals surface area contributed by atoms with E-state index in [0.717, 1.165) is 103 Å². The molecule has 0 aliphatic carbocycles. The Hall–Kier alpha value is -3.23. The first kappa shape index (κ1) is 48.8. The molecule has 52 heavy (non-hydrogen) atoms. The number of carboxylic acid groups (broad SMARTS) is 1. The van der Waals surface area contributed by atoms with Gasteiger partial charge in [0.05, 0.1) is 34.4 Å². The van der Waals surface area contributed by atoms with E-state index in [1.165, 1.54) is 0 Å². The number of nitrogens with zero attached hydrogens (tertiary/aromatic N) is 1. The number of rotatable bonds is 34. The van der Waals surface area contributed by atoms with Gasteiger partial charge in [0.2, 0.25) is 0 Å². The molecule has 0 aromatic carbocycles. The Balaban J connectivity index is 4.49. The zero-order valence-corrected chi connectivity index (χ0v) is 33.5. The summed E-state index contributed by atoms with van der Waals surface area (Å²) >= 11 is 0. The van der Waals surface area contributed by atoms with E-state index in [9.17, 15) is 19.5 Å². The maximum absolute atomic E-state index is 12.7. The van der Waals surface area contributed by atoms with Gasteiger partial charge in [0.1, 0.15) is 6.61 Å². The molecule has 0 heterocycles. The maximum Gasteiger partial charge on any atom is 0.362 e. The zero-order valence-electron chi connectivity index (χ0n) is 33.5. The van der Waals surface area contributed by atoms with E-state index >= 15 is 0 Å². The number of likely N-dealkylation sites (N-methyl/N-ethyl adjacent to an activating group) is 1. The fraction of sp³-hybridized carbons (Fsp3) is 0.659. The number of ether oxygens (including phenoxy) is 3. The second kappa shape index (κ2) is 34.8. The predicted octanol–water partition coefficient (Wildman–Crippen LogP) is 10.4. The lowest BCUT2D eigenvalue weighted by Crippen LogP contribution is -2.50. The number of unbranched alkanes of at least 4 members (excludes halogenated alkanes) is 8. The van der Waals surface area contributed by atoms with Crippen molar-refractivity contribution in [3.8, 4) is 0 Å². The van der Waals surface area contributed by atoms with Crippen LogP contribution in [0.1, 0.15) is 136 Å². The maximum atomic E-state index is 12.7. The van der Waals surface area contributed by atoms with Crippen LogP contribution >= 0.6 is 0 Å². The van der Waals surface area contributed by atoms with Crippen LogP contribution in [0.3, 0.4) is 0 Å². The highest BCUT2D eigenvalue weighted by Gasteiger charge is 2.31. The molecule has 0 amide bonds. The second-order valence-electron chi connectivity index (χ2n) is 14.1. The molecule has 0 aromatic heterocycles. The van der Waals surface area contributed by atoms with E-state index in [0.29, 0.717) is 19.3 Å². The molecule has 1 N–H and O–H groups in total. The van der Waals surface area contributed by atoms with Crippen molar-refractivity contribution in [1.82, 2.24) is 0 Å². The van der Waals surface area contributed by atoms with Crippen molar-refractivity contribution < 1.29 is 38.2 Å². The van der Waals surface area contributed by atoms with E-state index in [1.807, 2.05) is 21.1 Å². The van der Waals surface area contributed by atoms with Crippen LogP contribution in [0.15, 0.2) is 72.9 Å². The number of carboxylic acids is 1. The fourth-order valence-corrected chi connectivity index (χ4v) is 5.29. The van der Waals surface area contributed by atoms with Gasteiger partial charge in [-0.25, -0.2) is 4.79 Å². The summed E-state index contributed by atoms with van der Waals surface area (Å²) in [5, 5.41) is 9.59. The summed E-state index contributed by atoms with van der Waals surface area (Å²) in [7, 11) is 5.49. The Morgan fingerprint density at radius 1 is 0.577 bits per heavy atom. The molecule has 2 unspecified atom stereocenters. The van der Waals surface area contributed by atoms with E-state index in [2.05, 4.69) is 86.8 Å². The number of esters is 2. The summed E-state index contributed by atoms with van der Waals surface area (Å²) in [6.07, 6.45) is 42.3. The molecule has 0 saturated carbocycles. The van der Waals surface area contributed by atoms with Gasteiger partial charge < -0.3 is 23.8 Å². The number of carbonyl (C=O) groups is 3. The van der Waals surface area contributed by atoms with Crippen molar-refractivity contribution in [1.29, 1.82) is 0 Å². The minimum atomic E-state index is -0.886. The minimum absolute atomic E-state index is 0.0404. The Labute approximate surface area is 317 Å². The van der Waals surface area contributed by atoms with Crippen LogP contribution in [0.2, 0.25) is 0 Å². The second-order valence-corrected chi connectivity index (χ2v) is 14.1. The zero-order chi connectivity index (χ0) is 38.5. The summed E-state index contributed by atoms with van der Waals surface area (Å²) in [6.45, 7) is 4.43. The number of carbonyl (C=O) groups excluding carboxylic acids is 2. The highest BCUT2D eigenvalue weighted by atomic mass is 16.6. The highest BCUT2D eigenvalue weighted by Crippen LogP contribution is 2.12. The minimum Gasteiger partial charge on any atom is -0.477 e. The van der Waals surface area contributed by atoms with Gasteiger partial charge in [-0.2, -0.15) is 0 Å². The van der Waals surface area contributed by atoms with Gasteiger partial charge in [0.25, 0.3) is 0 Å². The van der Waals surface area contributed by atoms with Crippen molar-refractivity contribution in [3.05, 3.63) is 72.9 Å². The van der Waals surface area contributed by atoms with Crippen LogP contribution < -0.4 is 0 Å². The Bertz CT molecular complexity index is 1080. The number of aliphatic carboxylic acids is 1. The normalized spacial score (nSPS) is 13.8. The van der Waals surface area contributed by atoms with E-state index in [1.54, 1.807) is 0 Å². The lowest BCUT2D eigenvalue weighted by atomic mass is 10.1. The van der Waals surface area contributed by atoms with E-state index in [-0.39, 0.29) is 36.2 Å². The predicted molar refractivity (Wildman–Crippen MR) is 215 cm³/mol. The Kier molecular flexibility index (Phi) is 32.7. The van der Waals surface area contributed by atoms with E-state index < -0.39 is 18.1 Å². The average Bonchev–Trinajstić information content (AvgIpc) is 3.09. The third-order valence-corrected chi connectivity index (χ3v) is 8.35. The van der Waals surface area contributed by atoms with Crippen molar-refractivity contribution in [2.24, 2.45) is 0 Å². The van der Waals surface area contributed by atoms with Crippen molar-refractivity contribution in [3.63, 3.8) is 0 Å². The quantitative estimate of drug-likeness (QED) is 0.0305. The molecule has 0 rings (SSSR count). The monoisotopic (exact) mass is 729 g/mol. The average molecular weight is 729 g/mol. The summed E-state index contributed by atoms with van der Waals surface area (Å²) < 4.78 is 17.2. The first-order chi connectivity index (χ1) is 25.1. The van der Waals surface area contributed by atoms with Gasteiger partial charge in [0.15, 0.2) is 12.1 Å². The van der Waals surface area contributed by atoms with E-state index in [4.69, 9.17) is 14.2 Å². The first-order valence-corrected chi connectivity index (χ1v) is 20.0. The number of allylic oxidation sites excluding steroid dienone is 12. The van der Waals surface area contributed by atoms with Gasteiger partial charge in [-0.15, -0.1) is 0 Å². The highest BCUT2D eigenvalue weighted by molar-refractivity contribution is 5.72. The molecule has 0 fully saturated rings.